The normalized spacial score (nSPS) is 21.9. The average molecular weight is 274 g/mol. The molecule has 4 nitrogen and oxygen atoms in total. The molecule has 0 amide bonds. The van der Waals surface area contributed by atoms with Gasteiger partial charge in [-0.3, -0.25) is 0 Å². The third-order valence-corrected chi connectivity index (χ3v) is 4.62. The Balaban J connectivity index is 1.61. The van der Waals surface area contributed by atoms with Crippen molar-refractivity contribution in [2.75, 3.05) is 31.1 Å². The van der Waals surface area contributed by atoms with Crippen LogP contribution >= 0.6 is 0 Å². The van der Waals surface area contributed by atoms with E-state index in [4.69, 9.17) is 4.98 Å². The summed E-state index contributed by atoms with van der Waals surface area (Å²) >= 11 is 0. The molecule has 2 fully saturated rings. The maximum absolute atomic E-state index is 4.72. The zero-order valence-corrected chi connectivity index (χ0v) is 12.8. The third kappa shape index (κ3) is 2.95. The zero-order chi connectivity index (χ0) is 13.9. The predicted octanol–water partition coefficient (Wildman–Crippen LogP) is 2.66. The van der Waals surface area contributed by atoms with Crippen molar-refractivity contribution < 1.29 is 0 Å². The number of aromatic nitrogens is 2. The first-order valence-corrected chi connectivity index (χ1v) is 8.06. The summed E-state index contributed by atoms with van der Waals surface area (Å²) in [7, 11) is 0. The van der Waals surface area contributed by atoms with Gasteiger partial charge in [0, 0.05) is 31.2 Å². The standard InChI is InChI=1S/C16H26N4/c1-13(2)16-17-8-5-15(18-16)20-11-6-14(7-12-20)19-9-3-4-10-19/h5,8,13-14H,3-4,6-7,9-12H2,1-2H3. The van der Waals surface area contributed by atoms with Gasteiger partial charge in [-0.1, -0.05) is 13.8 Å². The highest BCUT2D eigenvalue weighted by Crippen LogP contribution is 2.24. The van der Waals surface area contributed by atoms with E-state index < -0.39 is 0 Å². The maximum Gasteiger partial charge on any atom is 0.133 e. The second-order valence-electron chi connectivity index (χ2n) is 6.39. The number of hydrogen-bond donors (Lipinski definition) is 0. The minimum atomic E-state index is 0.400. The Morgan fingerprint density at radius 1 is 1.10 bits per heavy atom. The minimum Gasteiger partial charge on any atom is -0.356 e. The number of piperidine rings is 1. The maximum atomic E-state index is 4.72. The Morgan fingerprint density at radius 3 is 2.45 bits per heavy atom. The molecule has 0 saturated carbocycles. The fraction of sp³-hybridized carbons (Fsp3) is 0.750. The summed E-state index contributed by atoms with van der Waals surface area (Å²) in [6.07, 6.45) is 7.25. The van der Waals surface area contributed by atoms with E-state index in [0.29, 0.717) is 5.92 Å². The molecule has 3 rings (SSSR count). The molecule has 0 aliphatic carbocycles. The molecular weight excluding hydrogens is 248 g/mol. The summed E-state index contributed by atoms with van der Waals surface area (Å²) in [5, 5.41) is 0. The van der Waals surface area contributed by atoms with Crippen molar-refractivity contribution in [3.63, 3.8) is 0 Å². The Morgan fingerprint density at radius 2 is 1.80 bits per heavy atom. The van der Waals surface area contributed by atoms with Crippen molar-refractivity contribution in [3.05, 3.63) is 18.1 Å². The summed E-state index contributed by atoms with van der Waals surface area (Å²) in [6, 6.07) is 2.86. The van der Waals surface area contributed by atoms with Crippen LogP contribution in [-0.4, -0.2) is 47.1 Å². The van der Waals surface area contributed by atoms with Gasteiger partial charge in [0.1, 0.15) is 11.6 Å². The van der Waals surface area contributed by atoms with Crippen LogP contribution in [0, 0.1) is 0 Å². The molecule has 4 heteroatoms. The molecule has 0 spiro atoms. The molecule has 2 aliphatic rings. The molecule has 20 heavy (non-hydrogen) atoms. The first-order valence-electron chi connectivity index (χ1n) is 8.06. The van der Waals surface area contributed by atoms with Crippen LogP contribution in [0.3, 0.4) is 0 Å². The molecule has 2 saturated heterocycles. The highest BCUT2D eigenvalue weighted by Gasteiger charge is 2.26. The van der Waals surface area contributed by atoms with Crippen molar-refractivity contribution in [2.24, 2.45) is 0 Å². The number of anilines is 1. The molecule has 3 heterocycles. The van der Waals surface area contributed by atoms with Crippen molar-refractivity contribution in [1.29, 1.82) is 0 Å². The quantitative estimate of drug-likeness (QED) is 0.848. The van der Waals surface area contributed by atoms with Gasteiger partial charge in [0.2, 0.25) is 0 Å². The van der Waals surface area contributed by atoms with Crippen LogP contribution in [0.2, 0.25) is 0 Å². The van der Waals surface area contributed by atoms with Gasteiger partial charge in [0.05, 0.1) is 0 Å². The highest BCUT2D eigenvalue weighted by molar-refractivity contribution is 5.38. The van der Waals surface area contributed by atoms with Gasteiger partial charge in [-0.25, -0.2) is 9.97 Å². The van der Waals surface area contributed by atoms with Crippen LogP contribution in [0.4, 0.5) is 5.82 Å². The van der Waals surface area contributed by atoms with Crippen molar-refractivity contribution in [2.45, 2.75) is 51.5 Å². The second kappa shape index (κ2) is 6.08. The lowest BCUT2D eigenvalue weighted by Gasteiger charge is -2.37. The van der Waals surface area contributed by atoms with Crippen molar-refractivity contribution >= 4 is 5.82 Å². The summed E-state index contributed by atoms with van der Waals surface area (Å²) in [6.45, 7) is 9.20. The minimum absolute atomic E-state index is 0.400. The summed E-state index contributed by atoms with van der Waals surface area (Å²) in [4.78, 5) is 14.2. The lowest BCUT2D eigenvalue weighted by atomic mass is 10.0. The molecule has 0 N–H and O–H groups in total. The van der Waals surface area contributed by atoms with Gasteiger partial charge in [-0.15, -0.1) is 0 Å². The van der Waals surface area contributed by atoms with E-state index in [0.717, 1.165) is 30.8 Å². The fourth-order valence-electron chi connectivity index (χ4n) is 3.38. The molecule has 0 unspecified atom stereocenters. The Labute approximate surface area is 122 Å². The lowest BCUT2D eigenvalue weighted by Crippen LogP contribution is -2.44. The van der Waals surface area contributed by atoms with Gasteiger partial charge in [-0.2, -0.15) is 0 Å². The Hall–Kier alpha value is -1.16. The van der Waals surface area contributed by atoms with Crippen LogP contribution in [0.15, 0.2) is 12.3 Å². The molecular formula is C16H26N4. The molecule has 2 aliphatic heterocycles. The van der Waals surface area contributed by atoms with E-state index in [1.165, 1.54) is 38.8 Å². The van der Waals surface area contributed by atoms with Crippen LogP contribution in [0.25, 0.3) is 0 Å². The summed E-state index contributed by atoms with van der Waals surface area (Å²) < 4.78 is 0. The third-order valence-electron chi connectivity index (χ3n) is 4.62. The SMILES string of the molecule is CC(C)c1nccc(N2CCC(N3CCCC3)CC2)n1. The molecule has 1 aromatic heterocycles. The largest absolute Gasteiger partial charge is 0.356 e. The van der Waals surface area contributed by atoms with Crippen molar-refractivity contribution in [1.82, 2.24) is 14.9 Å². The molecule has 0 radical (unpaired) electrons. The van der Waals surface area contributed by atoms with E-state index in [-0.39, 0.29) is 0 Å². The van der Waals surface area contributed by atoms with E-state index in [2.05, 4.69) is 34.7 Å². The fourth-order valence-corrected chi connectivity index (χ4v) is 3.38. The average Bonchev–Trinajstić information content (AvgIpc) is 3.02. The summed E-state index contributed by atoms with van der Waals surface area (Å²) in [5.41, 5.74) is 0. The number of rotatable bonds is 3. The van der Waals surface area contributed by atoms with E-state index >= 15 is 0 Å². The van der Waals surface area contributed by atoms with Crippen LogP contribution in [0.5, 0.6) is 0 Å². The molecule has 0 bridgehead atoms. The smallest absolute Gasteiger partial charge is 0.133 e. The number of hydrogen-bond acceptors (Lipinski definition) is 4. The Kier molecular flexibility index (Phi) is 4.20. The highest BCUT2D eigenvalue weighted by atomic mass is 15.2. The van der Waals surface area contributed by atoms with E-state index in [1.807, 2.05) is 6.20 Å². The molecule has 0 atom stereocenters. The van der Waals surface area contributed by atoms with Crippen LogP contribution in [-0.2, 0) is 0 Å². The first kappa shape index (κ1) is 13.8. The monoisotopic (exact) mass is 274 g/mol. The Bertz CT molecular complexity index is 432. The van der Waals surface area contributed by atoms with Crippen LogP contribution < -0.4 is 4.90 Å². The predicted molar refractivity (Wildman–Crippen MR) is 82.2 cm³/mol. The molecule has 0 aromatic carbocycles. The molecule has 110 valence electrons. The van der Waals surface area contributed by atoms with Gasteiger partial charge < -0.3 is 9.80 Å². The summed E-state index contributed by atoms with van der Waals surface area (Å²) in [5.74, 6) is 2.48. The van der Waals surface area contributed by atoms with Crippen LogP contribution in [0.1, 0.15) is 51.3 Å². The number of nitrogens with zero attached hydrogens (tertiary/aromatic N) is 4. The molecule has 1 aromatic rings. The first-order chi connectivity index (χ1) is 9.74. The van der Waals surface area contributed by atoms with Gasteiger partial charge in [-0.05, 0) is 44.8 Å². The van der Waals surface area contributed by atoms with Gasteiger partial charge in [0.25, 0.3) is 0 Å². The van der Waals surface area contributed by atoms with Gasteiger partial charge >= 0.3 is 0 Å². The van der Waals surface area contributed by atoms with Gasteiger partial charge in [0.15, 0.2) is 0 Å². The zero-order valence-electron chi connectivity index (χ0n) is 12.8. The topological polar surface area (TPSA) is 32.3 Å². The lowest BCUT2D eigenvalue weighted by molar-refractivity contribution is 0.207. The number of likely N-dealkylation sites (tertiary alicyclic amines) is 1. The van der Waals surface area contributed by atoms with E-state index in [1.54, 1.807) is 0 Å². The van der Waals surface area contributed by atoms with Crippen molar-refractivity contribution in [3.8, 4) is 0 Å². The second-order valence-corrected chi connectivity index (χ2v) is 6.39. The van der Waals surface area contributed by atoms with E-state index in [9.17, 15) is 0 Å².